The van der Waals surface area contributed by atoms with Gasteiger partial charge >= 0.3 is 6.18 Å². The second-order valence-corrected chi connectivity index (χ2v) is 5.57. The lowest BCUT2D eigenvalue weighted by atomic mass is 10.3. The molecule has 0 saturated heterocycles. The fraction of sp³-hybridized carbons (Fsp3) is 0.750. The van der Waals surface area contributed by atoms with Gasteiger partial charge in [0.25, 0.3) is 0 Å². The van der Waals surface area contributed by atoms with E-state index in [-0.39, 0.29) is 0 Å². The molecule has 0 unspecified atom stereocenters. The Hall–Kier alpha value is -0.330. The first-order chi connectivity index (χ1) is 8.94. The van der Waals surface area contributed by atoms with Gasteiger partial charge < -0.3 is 0 Å². The van der Waals surface area contributed by atoms with Crippen molar-refractivity contribution in [2.45, 2.75) is 38.2 Å². The van der Waals surface area contributed by atoms with Crippen LogP contribution >= 0.6 is 22.9 Å². The maximum absolute atomic E-state index is 12.4. The Bertz CT molecular complexity index is 368. The molecule has 7 heteroatoms. The van der Waals surface area contributed by atoms with E-state index in [0.717, 1.165) is 17.1 Å². The van der Waals surface area contributed by atoms with Gasteiger partial charge in [0.05, 0.1) is 23.1 Å². The average Bonchev–Trinajstić information content (AvgIpc) is 2.75. The molecular formula is C12H18ClF3N2S. The highest BCUT2D eigenvalue weighted by Crippen LogP contribution is 2.18. The summed E-state index contributed by atoms with van der Waals surface area (Å²) in [5, 5.41) is 2.83. The van der Waals surface area contributed by atoms with Gasteiger partial charge in [0.1, 0.15) is 0 Å². The molecule has 0 amide bonds. The maximum atomic E-state index is 12.4. The summed E-state index contributed by atoms with van der Waals surface area (Å²) in [4.78, 5) is 5.75. The van der Waals surface area contributed by atoms with Crippen molar-refractivity contribution in [3.05, 3.63) is 16.1 Å². The molecule has 2 nitrogen and oxygen atoms in total. The van der Waals surface area contributed by atoms with Crippen molar-refractivity contribution < 1.29 is 13.2 Å². The maximum Gasteiger partial charge on any atom is 0.401 e. The quantitative estimate of drug-likeness (QED) is 0.672. The van der Waals surface area contributed by atoms with Crippen molar-refractivity contribution in [2.24, 2.45) is 0 Å². The number of nitrogens with zero attached hydrogens (tertiary/aromatic N) is 2. The summed E-state index contributed by atoms with van der Waals surface area (Å²) in [5.74, 6) is 0.381. The minimum atomic E-state index is -4.12. The highest BCUT2D eigenvalue weighted by atomic mass is 35.5. The highest BCUT2D eigenvalue weighted by molar-refractivity contribution is 7.09. The smallest absolute Gasteiger partial charge is 0.295 e. The molecule has 0 aliphatic carbocycles. The number of hydrogen-bond acceptors (Lipinski definition) is 3. The van der Waals surface area contributed by atoms with Crippen molar-refractivity contribution in [3.63, 3.8) is 0 Å². The van der Waals surface area contributed by atoms with E-state index in [4.69, 9.17) is 11.6 Å². The fourth-order valence-electron chi connectivity index (χ4n) is 1.82. The summed E-state index contributed by atoms with van der Waals surface area (Å²) >= 11 is 7.17. The predicted molar refractivity (Wildman–Crippen MR) is 72.8 cm³/mol. The lowest BCUT2D eigenvalue weighted by Gasteiger charge is -2.22. The first-order valence-electron chi connectivity index (χ1n) is 6.23. The Kier molecular flexibility index (Phi) is 7.10. The summed E-state index contributed by atoms with van der Waals surface area (Å²) in [7, 11) is 0. The topological polar surface area (TPSA) is 16.1 Å². The van der Waals surface area contributed by atoms with Crippen LogP contribution in [0.4, 0.5) is 13.2 Å². The highest BCUT2D eigenvalue weighted by Gasteiger charge is 2.30. The lowest BCUT2D eigenvalue weighted by molar-refractivity contribution is -0.146. The SMILES string of the molecule is CCCN(CCCc1nc(CCl)cs1)CC(F)(F)F. The molecule has 0 radical (unpaired) electrons. The van der Waals surface area contributed by atoms with Gasteiger partial charge in [0, 0.05) is 11.8 Å². The Morgan fingerprint density at radius 2 is 2.11 bits per heavy atom. The zero-order chi connectivity index (χ0) is 14.3. The molecule has 0 spiro atoms. The Morgan fingerprint density at radius 1 is 1.37 bits per heavy atom. The molecule has 19 heavy (non-hydrogen) atoms. The molecule has 0 N–H and O–H groups in total. The van der Waals surface area contributed by atoms with Crippen LogP contribution in [-0.4, -0.2) is 35.7 Å². The van der Waals surface area contributed by atoms with Crippen molar-refractivity contribution in [1.82, 2.24) is 9.88 Å². The molecule has 0 aromatic carbocycles. The number of alkyl halides is 4. The number of thiazole rings is 1. The number of hydrogen-bond donors (Lipinski definition) is 0. The van der Waals surface area contributed by atoms with E-state index in [1.54, 1.807) is 0 Å². The van der Waals surface area contributed by atoms with E-state index in [2.05, 4.69) is 4.98 Å². The van der Waals surface area contributed by atoms with Crippen LogP contribution in [0.2, 0.25) is 0 Å². The minimum Gasteiger partial charge on any atom is -0.295 e. The minimum absolute atomic E-state index is 0.381. The third-order valence-electron chi connectivity index (χ3n) is 2.54. The first kappa shape index (κ1) is 16.7. The molecule has 110 valence electrons. The van der Waals surface area contributed by atoms with Crippen molar-refractivity contribution in [3.8, 4) is 0 Å². The third kappa shape index (κ3) is 7.13. The summed E-state index contributed by atoms with van der Waals surface area (Å²) in [5.41, 5.74) is 0.836. The summed E-state index contributed by atoms with van der Waals surface area (Å²) in [6.45, 7) is 1.98. The molecule has 1 rings (SSSR count). The summed E-state index contributed by atoms with van der Waals surface area (Å²) in [6.07, 6.45) is -2.00. The van der Waals surface area contributed by atoms with Crippen LogP contribution in [-0.2, 0) is 12.3 Å². The molecule has 1 heterocycles. The van der Waals surface area contributed by atoms with Gasteiger partial charge in [-0.2, -0.15) is 13.2 Å². The Labute approximate surface area is 120 Å². The van der Waals surface area contributed by atoms with Crippen LogP contribution in [0.1, 0.15) is 30.5 Å². The second-order valence-electron chi connectivity index (χ2n) is 4.36. The van der Waals surface area contributed by atoms with Crippen molar-refractivity contribution in [2.75, 3.05) is 19.6 Å². The number of halogens is 4. The van der Waals surface area contributed by atoms with Gasteiger partial charge in [0.2, 0.25) is 0 Å². The Morgan fingerprint density at radius 3 is 2.63 bits per heavy atom. The van der Waals surface area contributed by atoms with Crippen LogP contribution in [0.25, 0.3) is 0 Å². The van der Waals surface area contributed by atoms with E-state index >= 15 is 0 Å². The molecule has 1 aromatic heterocycles. The summed E-state index contributed by atoms with van der Waals surface area (Å²) < 4.78 is 37.1. The van der Waals surface area contributed by atoms with Crippen LogP contribution in [0.5, 0.6) is 0 Å². The Balaban J connectivity index is 2.35. The largest absolute Gasteiger partial charge is 0.401 e. The van der Waals surface area contributed by atoms with Crippen molar-refractivity contribution in [1.29, 1.82) is 0 Å². The van der Waals surface area contributed by atoms with Gasteiger partial charge in [-0.15, -0.1) is 22.9 Å². The molecule has 0 atom stereocenters. The molecule has 0 aliphatic rings. The standard InChI is InChI=1S/C12H18ClF3N2S/c1-2-5-18(9-12(14,15)16)6-3-4-11-17-10(7-13)8-19-11/h8H,2-7,9H2,1H3. The molecule has 0 bridgehead atoms. The average molecular weight is 315 g/mol. The zero-order valence-corrected chi connectivity index (χ0v) is 12.4. The van der Waals surface area contributed by atoms with E-state index in [9.17, 15) is 13.2 Å². The number of aryl methyl sites for hydroxylation is 1. The number of rotatable bonds is 8. The van der Waals surface area contributed by atoms with Crippen LogP contribution < -0.4 is 0 Å². The van der Waals surface area contributed by atoms with Crippen LogP contribution in [0.3, 0.4) is 0 Å². The monoisotopic (exact) mass is 314 g/mol. The summed E-state index contributed by atoms with van der Waals surface area (Å²) in [6, 6.07) is 0. The molecule has 1 aromatic rings. The molecular weight excluding hydrogens is 297 g/mol. The normalized spacial score (nSPS) is 12.3. The van der Waals surface area contributed by atoms with E-state index in [0.29, 0.717) is 31.8 Å². The van der Waals surface area contributed by atoms with Crippen LogP contribution in [0.15, 0.2) is 5.38 Å². The van der Waals surface area contributed by atoms with E-state index in [1.807, 2.05) is 12.3 Å². The predicted octanol–water partition coefficient (Wildman–Crippen LogP) is 4.09. The van der Waals surface area contributed by atoms with Gasteiger partial charge in [-0.3, -0.25) is 4.90 Å². The van der Waals surface area contributed by atoms with E-state index < -0.39 is 12.7 Å². The van der Waals surface area contributed by atoms with Gasteiger partial charge in [-0.1, -0.05) is 6.92 Å². The number of aromatic nitrogens is 1. The molecule has 0 fully saturated rings. The van der Waals surface area contributed by atoms with Crippen LogP contribution in [0, 0.1) is 0 Å². The van der Waals surface area contributed by atoms with Crippen molar-refractivity contribution >= 4 is 22.9 Å². The second kappa shape index (κ2) is 8.07. The fourth-order valence-corrected chi connectivity index (χ4v) is 2.89. The molecule has 0 aliphatic heterocycles. The first-order valence-corrected chi connectivity index (χ1v) is 7.64. The zero-order valence-electron chi connectivity index (χ0n) is 10.8. The molecule has 0 saturated carbocycles. The van der Waals surface area contributed by atoms with E-state index in [1.165, 1.54) is 16.2 Å². The van der Waals surface area contributed by atoms with Gasteiger partial charge in [-0.25, -0.2) is 4.98 Å². The van der Waals surface area contributed by atoms with Gasteiger partial charge in [0.15, 0.2) is 0 Å². The third-order valence-corrected chi connectivity index (χ3v) is 3.78. The lowest BCUT2D eigenvalue weighted by Crippen LogP contribution is -2.35. The van der Waals surface area contributed by atoms with Gasteiger partial charge in [-0.05, 0) is 25.9 Å².